The van der Waals surface area contributed by atoms with Crippen molar-refractivity contribution in [1.82, 2.24) is 24.6 Å². The van der Waals surface area contributed by atoms with Gasteiger partial charge in [-0.15, -0.1) is 0 Å². The van der Waals surface area contributed by atoms with Crippen LogP contribution in [0.3, 0.4) is 0 Å². The molecule has 1 atom stereocenters. The summed E-state index contributed by atoms with van der Waals surface area (Å²) in [6.07, 6.45) is 4.21. The number of nitrogens with zero attached hydrogens (tertiary/aromatic N) is 7. The van der Waals surface area contributed by atoms with E-state index in [-0.39, 0.29) is 5.56 Å². The van der Waals surface area contributed by atoms with E-state index >= 15 is 0 Å². The van der Waals surface area contributed by atoms with Gasteiger partial charge < -0.3 is 9.64 Å². The summed E-state index contributed by atoms with van der Waals surface area (Å²) in [5, 5.41) is 13.7. The third-order valence-corrected chi connectivity index (χ3v) is 6.91. The predicted molar refractivity (Wildman–Crippen MR) is 144 cm³/mol. The summed E-state index contributed by atoms with van der Waals surface area (Å²) in [5.41, 5.74) is 4.61. The van der Waals surface area contributed by atoms with Crippen molar-refractivity contribution in [3.63, 3.8) is 0 Å². The quantitative estimate of drug-likeness (QED) is 0.353. The minimum atomic E-state index is -0.194. The number of piperazine rings is 1. The van der Waals surface area contributed by atoms with Crippen molar-refractivity contribution >= 4 is 5.69 Å². The van der Waals surface area contributed by atoms with Gasteiger partial charge in [0.05, 0.1) is 54.7 Å². The molecule has 1 unspecified atom stereocenters. The summed E-state index contributed by atoms with van der Waals surface area (Å²) in [4.78, 5) is 26.6. The molecule has 2 fully saturated rings. The molecule has 2 aliphatic rings. The molecule has 0 radical (unpaired) electrons. The van der Waals surface area contributed by atoms with E-state index in [1.54, 1.807) is 18.2 Å². The Morgan fingerprint density at radius 2 is 1.71 bits per heavy atom. The molecule has 0 amide bonds. The summed E-state index contributed by atoms with van der Waals surface area (Å²) >= 11 is 0. The van der Waals surface area contributed by atoms with Crippen molar-refractivity contribution in [2.45, 2.75) is 12.6 Å². The van der Waals surface area contributed by atoms with E-state index < -0.39 is 0 Å². The van der Waals surface area contributed by atoms with E-state index in [1.807, 2.05) is 48.8 Å². The highest BCUT2D eigenvalue weighted by molar-refractivity contribution is 5.61. The van der Waals surface area contributed by atoms with E-state index in [4.69, 9.17) is 4.74 Å². The Kier molecular flexibility index (Phi) is 6.65. The number of benzene rings is 2. The van der Waals surface area contributed by atoms with Crippen LogP contribution in [0, 0.1) is 11.3 Å². The first-order valence-electron chi connectivity index (χ1n) is 12.7. The Morgan fingerprint density at radius 1 is 0.947 bits per heavy atom. The average molecular weight is 506 g/mol. The summed E-state index contributed by atoms with van der Waals surface area (Å²) in [6, 6.07) is 20.4. The second-order valence-corrected chi connectivity index (χ2v) is 9.62. The molecule has 0 aliphatic carbocycles. The molecule has 190 valence electrons. The number of hydrogen-bond donors (Lipinski definition) is 0. The number of hydrogen-bond acceptors (Lipinski definition) is 8. The molecule has 2 aromatic heterocycles. The summed E-state index contributed by atoms with van der Waals surface area (Å²) in [5.74, 6) is 0.641. The predicted octanol–water partition coefficient (Wildman–Crippen LogP) is 2.81. The largest absolute Gasteiger partial charge is 0.372 e. The van der Waals surface area contributed by atoms with Gasteiger partial charge >= 0.3 is 0 Å². The van der Waals surface area contributed by atoms with Gasteiger partial charge in [-0.2, -0.15) is 10.4 Å². The highest BCUT2D eigenvalue weighted by Crippen LogP contribution is 2.22. The Labute approximate surface area is 220 Å². The molecule has 38 heavy (non-hydrogen) atoms. The first-order valence-corrected chi connectivity index (χ1v) is 12.7. The molecule has 4 heterocycles. The minimum absolute atomic E-state index is 0.194. The molecule has 0 N–H and O–H groups in total. The number of nitriles is 1. The molecule has 2 aliphatic heterocycles. The summed E-state index contributed by atoms with van der Waals surface area (Å²) in [6.45, 7) is 6.17. The van der Waals surface area contributed by atoms with Crippen LogP contribution >= 0.6 is 0 Å². The number of rotatable bonds is 7. The maximum atomic E-state index is 12.6. The molecular formula is C29H27N7O2. The molecule has 0 bridgehead atoms. The Bertz CT molecular complexity index is 1530. The molecule has 9 heteroatoms. The van der Waals surface area contributed by atoms with Gasteiger partial charge in [-0.25, -0.2) is 14.6 Å². The monoisotopic (exact) mass is 505 g/mol. The smallest absolute Gasteiger partial charge is 0.267 e. The highest BCUT2D eigenvalue weighted by Gasteiger charge is 2.27. The zero-order valence-corrected chi connectivity index (χ0v) is 20.9. The standard InChI is InChI=1S/C29H27N7O2/c30-15-21-3-1-5-23(13-21)27-7-8-28(37)36(33-27)18-22-4-2-6-24(14-22)29-31-16-25(17-32-29)35-11-9-34(10-12-35)19-26-20-38-26/h1-8,13-14,16-17,26H,9-12,18-20H2. The summed E-state index contributed by atoms with van der Waals surface area (Å²) < 4.78 is 6.79. The van der Waals surface area contributed by atoms with Crippen LogP contribution < -0.4 is 10.5 Å². The fourth-order valence-corrected chi connectivity index (χ4v) is 4.73. The lowest BCUT2D eigenvalue weighted by molar-refractivity contribution is 0.230. The third-order valence-electron chi connectivity index (χ3n) is 6.91. The van der Waals surface area contributed by atoms with Gasteiger partial charge in [0.1, 0.15) is 0 Å². The van der Waals surface area contributed by atoms with E-state index in [0.29, 0.717) is 29.7 Å². The van der Waals surface area contributed by atoms with Crippen molar-refractivity contribution in [2.75, 3.05) is 44.2 Å². The maximum absolute atomic E-state index is 12.6. The summed E-state index contributed by atoms with van der Waals surface area (Å²) in [7, 11) is 0. The van der Waals surface area contributed by atoms with Crippen LogP contribution in [0.2, 0.25) is 0 Å². The van der Waals surface area contributed by atoms with Crippen LogP contribution in [-0.4, -0.2) is 70.1 Å². The second-order valence-electron chi connectivity index (χ2n) is 9.62. The van der Waals surface area contributed by atoms with Gasteiger partial charge in [0.15, 0.2) is 5.82 Å². The molecule has 6 rings (SSSR count). The second kappa shape index (κ2) is 10.5. The van der Waals surface area contributed by atoms with Gasteiger partial charge in [-0.3, -0.25) is 9.69 Å². The van der Waals surface area contributed by atoms with E-state index in [2.05, 4.69) is 30.9 Å². The zero-order valence-electron chi connectivity index (χ0n) is 20.9. The van der Waals surface area contributed by atoms with Crippen LogP contribution in [-0.2, 0) is 11.3 Å². The van der Waals surface area contributed by atoms with Crippen molar-refractivity contribution < 1.29 is 4.74 Å². The van der Waals surface area contributed by atoms with Crippen LogP contribution in [0.25, 0.3) is 22.6 Å². The van der Waals surface area contributed by atoms with E-state index in [1.165, 1.54) is 10.7 Å². The third kappa shape index (κ3) is 5.47. The number of epoxide rings is 1. The highest BCUT2D eigenvalue weighted by atomic mass is 16.6. The normalized spacial score (nSPS) is 17.2. The molecule has 0 saturated carbocycles. The maximum Gasteiger partial charge on any atom is 0.267 e. The van der Waals surface area contributed by atoms with Crippen LogP contribution in [0.5, 0.6) is 0 Å². The topological polar surface area (TPSA) is 103 Å². The average Bonchev–Trinajstić information content (AvgIpc) is 3.79. The van der Waals surface area contributed by atoms with Crippen LogP contribution in [0.4, 0.5) is 5.69 Å². The molecule has 0 spiro atoms. The van der Waals surface area contributed by atoms with E-state index in [0.717, 1.165) is 61.7 Å². The lowest BCUT2D eigenvalue weighted by Gasteiger charge is -2.35. The van der Waals surface area contributed by atoms with Crippen molar-refractivity contribution in [3.8, 4) is 28.7 Å². The number of ether oxygens (including phenoxy) is 1. The van der Waals surface area contributed by atoms with Gasteiger partial charge in [0.25, 0.3) is 5.56 Å². The SMILES string of the molecule is N#Cc1cccc(-c2ccc(=O)n(Cc3cccc(-c4ncc(N5CCN(CC6CO6)CC5)cn4)c3)n2)c1. The fraction of sp³-hybridized carbons (Fsp3) is 0.276. The Hall–Kier alpha value is -4.39. The van der Waals surface area contributed by atoms with Gasteiger partial charge in [-0.1, -0.05) is 30.3 Å². The number of aromatic nitrogens is 4. The van der Waals surface area contributed by atoms with Crippen molar-refractivity contribution in [3.05, 3.63) is 94.5 Å². The number of anilines is 1. The molecular weight excluding hydrogens is 478 g/mol. The van der Waals surface area contributed by atoms with Crippen LogP contribution in [0.1, 0.15) is 11.1 Å². The van der Waals surface area contributed by atoms with Crippen molar-refractivity contribution in [1.29, 1.82) is 5.26 Å². The van der Waals surface area contributed by atoms with Crippen LogP contribution in [0.15, 0.2) is 77.9 Å². The lowest BCUT2D eigenvalue weighted by Crippen LogP contribution is -2.47. The van der Waals surface area contributed by atoms with Gasteiger partial charge in [0.2, 0.25) is 0 Å². The van der Waals surface area contributed by atoms with E-state index in [9.17, 15) is 10.1 Å². The zero-order chi connectivity index (χ0) is 25.9. The first-order chi connectivity index (χ1) is 18.6. The Morgan fingerprint density at radius 3 is 2.47 bits per heavy atom. The molecule has 2 aromatic carbocycles. The first kappa shape index (κ1) is 24.0. The van der Waals surface area contributed by atoms with Crippen molar-refractivity contribution in [2.24, 2.45) is 0 Å². The van der Waals surface area contributed by atoms with Gasteiger partial charge in [-0.05, 0) is 29.8 Å². The van der Waals surface area contributed by atoms with Gasteiger partial charge in [0, 0.05) is 49.9 Å². The molecule has 2 saturated heterocycles. The Balaban J connectivity index is 1.15. The molecule has 4 aromatic rings. The fourth-order valence-electron chi connectivity index (χ4n) is 4.73. The molecule has 9 nitrogen and oxygen atoms in total. The lowest BCUT2D eigenvalue weighted by atomic mass is 10.1. The minimum Gasteiger partial charge on any atom is -0.372 e.